The van der Waals surface area contributed by atoms with Gasteiger partial charge in [0.15, 0.2) is 0 Å². The van der Waals surface area contributed by atoms with Gasteiger partial charge in [0.05, 0.1) is 13.0 Å². The Morgan fingerprint density at radius 1 is 1.75 bits per heavy atom. The Kier molecular flexibility index (Phi) is 2.37. The quantitative estimate of drug-likeness (QED) is 0.171. The molecule has 68 valence electrons. The van der Waals surface area contributed by atoms with E-state index in [1.807, 2.05) is 0 Å². The molecule has 0 bridgehead atoms. The van der Waals surface area contributed by atoms with Gasteiger partial charge < -0.3 is 20.6 Å². The van der Waals surface area contributed by atoms with Crippen molar-refractivity contribution in [1.29, 1.82) is 0 Å². The van der Waals surface area contributed by atoms with Crippen LogP contribution in [-0.4, -0.2) is 42.2 Å². The molecular weight excluding hydrogens is 162 g/mol. The number of methoxy groups -OCH3 is 1. The topological polar surface area (TPSA) is 88.2 Å². The van der Waals surface area contributed by atoms with Crippen LogP contribution in [0.25, 0.3) is 0 Å². The van der Waals surface area contributed by atoms with Gasteiger partial charge in [0.2, 0.25) is 5.96 Å². The first-order valence-electron chi connectivity index (χ1n) is 3.49. The number of esters is 1. The molecule has 0 atom stereocenters. The van der Waals surface area contributed by atoms with Crippen LogP contribution in [0.5, 0.6) is 0 Å². The smallest absolute Gasteiger partial charge is 0.312 e. The first-order chi connectivity index (χ1) is 5.69. The molecule has 0 aromatic rings. The zero-order chi connectivity index (χ0) is 9.14. The molecule has 3 N–H and O–H groups in total. The summed E-state index contributed by atoms with van der Waals surface area (Å²) in [6.07, 6.45) is 0. The lowest BCUT2D eigenvalue weighted by molar-refractivity contribution is -0.149. The first-order valence-corrected chi connectivity index (χ1v) is 3.49. The Morgan fingerprint density at radius 3 is 2.75 bits per heavy atom. The minimum absolute atomic E-state index is 0.0372. The highest BCUT2D eigenvalue weighted by molar-refractivity contribution is 5.82. The molecule has 1 fully saturated rings. The van der Waals surface area contributed by atoms with Gasteiger partial charge in [-0.3, -0.25) is 4.79 Å². The summed E-state index contributed by atoms with van der Waals surface area (Å²) in [5.74, 6) is -0.359. The van der Waals surface area contributed by atoms with Crippen LogP contribution in [0, 0.1) is 5.92 Å². The number of rotatable bonds is 1. The zero-order valence-electron chi connectivity index (χ0n) is 6.73. The summed E-state index contributed by atoms with van der Waals surface area (Å²) in [6.45, 7) is 0.922. The molecule has 1 rings (SSSR count). The number of nitrogens with two attached hydrogens (primary N) is 1. The highest BCUT2D eigenvalue weighted by Crippen LogP contribution is 2.15. The standard InChI is InChI=1S/C6H11N3O3/c1-12-5(10)4-2-9(3-4)6(7)8-11/h4,11H,2-3H2,1H3,(H2,7,8). The van der Waals surface area contributed by atoms with E-state index in [1.54, 1.807) is 4.90 Å². The van der Waals surface area contributed by atoms with Gasteiger partial charge in [-0.25, -0.2) is 0 Å². The maximum Gasteiger partial charge on any atom is 0.312 e. The van der Waals surface area contributed by atoms with Crippen LogP contribution in [0.3, 0.4) is 0 Å². The van der Waals surface area contributed by atoms with Crippen LogP contribution in [0.4, 0.5) is 0 Å². The Bertz CT molecular complexity index is 210. The van der Waals surface area contributed by atoms with E-state index in [4.69, 9.17) is 10.9 Å². The molecule has 0 saturated carbocycles. The summed E-state index contributed by atoms with van der Waals surface area (Å²) in [7, 11) is 1.34. The maximum absolute atomic E-state index is 10.9. The molecule has 0 aromatic heterocycles. The molecule has 0 unspecified atom stereocenters. The van der Waals surface area contributed by atoms with Crippen molar-refractivity contribution in [2.75, 3.05) is 20.2 Å². The van der Waals surface area contributed by atoms with E-state index in [0.29, 0.717) is 13.1 Å². The van der Waals surface area contributed by atoms with Crippen molar-refractivity contribution in [2.45, 2.75) is 0 Å². The molecule has 0 aliphatic carbocycles. The summed E-state index contributed by atoms with van der Waals surface area (Å²) in [4.78, 5) is 12.4. The number of carbonyl (C=O) groups excluding carboxylic acids is 1. The Labute approximate surface area is 69.6 Å². The summed E-state index contributed by atoms with van der Waals surface area (Å²) < 4.78 is 4.51. The second-order valence-electron chi connectivity index (χ2n) is 2.58. The maximum atomic E-state index is 10.9. The zero-order valence-corrected chi connectivity index (χ0v) is 6.73. The number of likely N-dealkylation sites (tertiary alicyclic amines) is 1. The second kappa shape index (κ2) is 3.29. The minimum Gasteiger partial charge on any atom is -0.469 e. The molecular formula is C6H11N3O3. The predicted octanol–water partition coefficient (Wildman–Crippen LogP) is -1.20. The van der Waals surface area contributed by atoms with Gasteiger partial charge in [0.1, 0.15) is 0 Å². The third kappa shape index (κ3) is 1.41. The van der Waals surface area contributed by atoms with Gasteiger partial charge >= 0.3 is 5.97 Å². The highest BCUT2D eigenvalue weighted by Gasteiger charge is 2.34. The van der Waals surface area contributed by atoms with E-state index in [2.05, 4.69) is 9.89 Å². The van der Waals surface area contributed by atoms with Crippen LogP contribution in [0.15, 0.2) is 5.16 Å². The predicted molar refractivity (Wildman–Crippen MR) is 40.5 cm³/mol. The lowest BCUT2D eigenvalue weighted by atomic mass is 10.0. The number of nitrogens with zero attached hydrogens (tertiary/aromatic N) is 2. The fourth-order valence-corrected chi connectivity index (χ4v) is 1.04. The Morgan fingerprint density at radius 2 is 2.33 bits per heavy atom. The van der Waals surface area contributed by atoms with Crippen molar-refractivity contribution >= 4 is 11.9 Å². The summed E-state index contributed by atoms with van der Waals surface area (Å²) in [5.41, 5.74) is 5.26. The van der Waals surface area contributed by atoms with Crippen molar-refractivity contribution in [2.24, 2.45) is 16.8 Å². The largest absolute Gasteiger partial charge is 0.469 e. The number of ether oxygens (including phenoxy) is 1. The van der Waals surface area contributed by atoms with Crippen LogP contribution in [0.2, 0.25) is 0 Å². The van der Waals surface area contributed by atoms with Crippen molar-refractivity contribution in [3.63, 3.8) is 0 Å². The van der Waals surface area contributed by atoms with E-state index in [9.17, 15) is 4.79 Å². The van der Waals surface area contributed by atoms with E-state index in [1.165, 1.54) is 7.11 Å². The van der Waals surface area contributed by atoms with Gasteiger partial charge in [0.25, 0.3) is 0 Å². The second-order valence-corrected chi connectivity index (χ2v) is 2.58. The third-order valence-electron chi connectivity index (χ3n) is 1.84. The van der Waals surface area contributed by atoms with Crippen molar-refractivity contribution in [3.05, 3.63) is 0 Å². The molecule has 1 aliphatic heterocycles. The first kappa shape index (κ1) is 8.63. The number of hydrogen-bond acceptors (Lipinski definition) is 4. The highest BCUT2D eigenvalue weighted by atomic mass is 16.5. The molecule has 6 nitrogen and oxygen atoms in total. The lowest BCUT2D eigenvalue weighted by Gasteiger charge is -2.37. The molecule has 1 aliphatic rings. The summed E-state index contributed by atoms with van der Waals surface area (Å²) in [5, 5.41) is 11.1. The molecule has 0 spiro atoms. The molecule has 12 heavy (non-hydrogen) atoms. The van der Waals surface area contributed by atoms with Gasteiger partial charge in [-0.05, 0) is 0 Å². The SMILES string of the molecule is COC(=O)C1CN(/C(N)=N/O)C1. The van der Waals surface area contributed by atoms with Gasteiger partial charge in [-0.2, -0.15) is 0 Å². The van der Waals surface area contributed by atoms with E-state index in [0.717, 1.165) is 0 Å². The fourth-order valence-electron chi connectivity index (χ4n) is 1.04. The Balaban J connectivity index is 2.33. The molecule has 1 saturated heterocycles. The van der Waals surface area contributed by atoms with E-state index >= 15 is 0 Å². The van der Waals surface area contributed by atoms with Gasteiger partial charge in [0, 0.05) is 13.1 Å². The molecule has 0 aromatic carbocycles. The monoisotopic (exact) mass is 173 g/mol. The summed E-state index contributed by atoms with van der Waals surface area (Å²) >= 11 is 0. The number of carbonyl (C=O) groups is 1. The normalized spacial score (nSPS) is 18.8. The number of oxime groups is 1. The van der Waals surface area contributed by atoms with Gasteiger partial charge in [-0.1, -0.05) is 5.16 Å². The van der Waals surface area contributed by atoms with Crippen molar-refractivity contribution in [3.8, 4) is 0 Å². The van der Waals surface area contributed by atoms with Crippen molar-refractivity contribution < 1.29 is 14.7 Å². The van der Waals surface area contributed by atoms with Crippen LogP contribution in [0.1, 0.15) is 0 Å². The third-order valence-corrected chi connectivity index (χ3v) is 1.84. The van der Waals surface area contributed by atoms with Crippen LogP contribution in [-0.2, 0) is 9.53 Å². The molecule has 6 heteroatoms. The molecule has 0 amide bonds. The summed E-state index contributed by atoms with van der Waals surface area (Å²) in [6, 6.07) is 0. The molecule has 0 radical (unpaired) electrons. The molecule has 1 heterocycles. The van der Waals surface area contributed by atoms with Crippen LogP contribution >= 0.6 is 0 Å². The lowest BCUT2D eigenvalue weighted by Crippen LogP contribution is -2.55. The minimum atomic E-state index is -0.253. The number of guanidine groups is 1. The van der Waals surface area contributed by atoms with Crippen molar-refractivity contribution in [1.82, 2.24) is 4.90 Å². The average molecular weight is 173 g/mol. The van der Waals surface area contributed by atoms with E-state index < -0.39 is 0 Å². The van der Waals surface area contributed by atoms with E-state index in [-0.39, 0.29) is 17.8 Å². The van der Waals surface area contributed by atoms with Crippen LogP contribution < -0.4 is 5.73 Å². The fraction of sp³-hybridized carbons (Fsp3) is 0.667. The average Bonchev–Trinajstić information content (AvgIpc) is 2.01. The number of hydrogen-bond donors (Lipinski definition) is 2. The van der Waals surface area contributed by atoms with Gasteiger partial charge in [-0.15, -0.1) is 0 Å². The Hall–Kier alpha value is -1.46.